The molecule has 150 heavy (non-hydrogen) atoms. The summed E-state index contributed by atoms with van der Waals surface area (Å²) in [6, 6.07) is 134. The average Bonchev–Trinajstić information content (AvgIpc) is 1.56. The Bertz CT molecular complexity index is 11100. The lowest BCUT2D eigenvalue weighted by Crippen LogP contribution is -2.01. The third kappa shape index (κ3) is 13.3. The van der Waals surface area contributed by atoms with E-state index in [0.717, 1.165) is 218 Å². The van der Waals surface area contributed by atoms with Gasteiger partial charge in [0.2, 0.25) is 34.7 Å². The largest absolute Gasteiger partial charge is 0.278 e. The predicted octanol–water partition coefficient (Wildman–Crippen LogP) is 26.9. The molecule has 15 heterocycles. The maximum atomic E-state index is 8.25. The first-order valence-corrected chi connectivity index (χ1v) is 49.5. The van der Waals surface area contributed by atoms with E-state index in [4.69, 9.17) is 52.2 Å². The van der Waals surface area contributed by atoms with E-state index in [1.807, 2.05) is 146 Å². The molecule has 0 aliphatic heterocycles. The van der Waals surface area contributed by atoms with Gasteiger partial charge in [-0.25, -0.2) is 49.8 Å². The van der Waals surface area contributed by atoms with Gasteiger partial charge in [-0.15, -0.1) is 0 Å². The minimum atomic E-state index is -2.31. The first-order chi connectivity index (χ1) is 77.8. The van der Waals surface area contributed by atoms with Crippen LogP contribution in [0.4, 0.5) is 0 Å². The number of hydrogen-bond donors (Lipinski definition) is 0. The number of hydrogen-bond acceptors (Lipinski definition) is 12. The fraction of sp³-hybridized carbons (Fsp3) is 0.0476. The van der Waals surface area contributed by atoms with Crippen LogP contribution >= 0.6 is 0 Å². The molecule has 17 aromatic carbocycles. The summed E-state index contributed by atoms with van der Waals surface area (Å²) in [5, 5.41) is 0. The van der Waals surface area contributed by atoms with Crippen LogP contribution in [0.25, 0.3) is 224 Å². The molecule has 710 valence electrons. The summed E-state index contributed by atoms with van der Waals surface area (Å²) in [6.07, 6.45) is 10.4. The van der Waals surface area contributed by atoms with Gasteiger partial charge in [-0.3, -0.25) is 63.8 Å². The lowest BCUT2D eigenvalue weighted by Gasteiger charge is -2.10. The second kappa shape index (κ2) is 33.9. The van der Waals surface area contributed by atoms with Crippen LogP contribution in [0.15, 0.2) is 431 Å². The Hall–Kier alpha value is -20.4. The van der Waals surface area contributed by atoms with E-state index < -0.39 is 20.6 Å². The van der Waals surface area contributed by atoms with Gasteiger partial charge in [0.25, 0.3) is 0 Å². The molecule has 32 rings (SSSR count). The molecule has 15 aromatic heterocycles. The molecular formula is C126H86N24. The Morgan fingerprint density at radius 1 is 0.200 bits per heavy atom. The van der Waals surface area contributed by atoms with Gasteiger partial charge in [-0.1, -0.05) is 224 Å². The van der Waals surface area contributed by atoms with Crippen molar-refractivity contribution in [2.45, 2.75) is 39.8 Å². The standard InChI is InChI=1S/C50H34N8.2C38H26N8/c1-32-15-12-27-44-47(32)53-49-55(40-23-8-10-25-42(40)57(44)49)36-21-14-22-37(30-36)56-41-24-9-11-26-43(41)58-45-28-13-20-35(48(45)54-50(56)58)29-46-51-38(33-16-4-2-5-17-33)31-39(52-46)34-18-6-3-7-19-34;1-24-10-6-18-32-35(24)41-37-43(28-14-2-4-16-30(28)45(32)37)26-12-8-13-27(23-26)44-29-15-3-5-17-31(29)46-33-19-7-11-25(36(33)42-38(44)46)22-34-39-20-9-21-40-34;1-24-9-6-17-33-35(24)41-37-43(29-13-2-4-15-31(29)45(33)37)27-11-8-12-28(22-27)44-30-14-3-5-16-32(30)46-34-18-7-10-25(36(34)42-38(44)46)21-26-23-39-19-20-40-26/h2-28,30-31H,29H2,1H3;2-21,23H,22H2,1H3;2-20,22-23H,21H2,1H3/i3*1D3. The van der Waals surface area contributed by atoms with Crippen LogP contribution < -0.4 is 0 Å². The van der Waals surface area contributed by atoms with E-state index >= 15 is 0 Å². The van der Waals surface area contributed by atoms with Crippen LogP contribution in [0, 0.1) is 20.6 Å². The first kappa shape index (κ1) is 76.3. The number of benzene rings is 17. The molecule has 0 amide bonds. The summed E-state index contributed by atoms with van der Waals surface area (Å²) < 4.78 is 99.5. The third-order valence-corrected chi connectivity index (χ3v) is 28.9. The van der Waals surface area contributed by atoms with Crippen LogP contribution in [0.1, 0.15) is 63.1 Å². The molecule has 0 spiro atoms. The van der Waals surface area contributed by atoms with Gasteiger partial charge >= 0.3 is 0 Å². The fourth-order valence-electron chi connectivity index (χ4n) is 22.5. The monoisotopic (exact) mass is 1940 g/mol. The van der Waals surface area contributed by atoms with Gasteiger partial charge < -0.3 is 0 Å². The molecule has 0 saturated carbocycles. The molecule has 0 unspecified atom stereocenters. The summed E-state index contributed by atoms with van der Waals surface area (Å²) in [7, 11) is 0. The SMILES string of the molecule is [2H]C([2H])([2H])c1cccc2c1nc1n(-c3cccc(-n4c5ccccc5n5c6cccc(Cc7cnccn7)c6nc45)c3)c3ccccc3n21.[2H]C([2H])([2H])c1cccc2c1nc1n(-c3cccc(-n4c5ccccc5n5c6cccc(Cc7nc(-c8ccccc8)cc(-c8ccccc8)n7)c6nc45)c3)c3ccccc3n21.[2H]C([2H])([2H])c1cccc2c1nc1n(-c3cccc(-n4c5ccccc5n5c6cccc(Cc7ncccn7)c6nc45)c3)c3ccccc3n21. The molecule has 0 fully saturated rings. The number of nitrogens with zero attached hydrogens (tertiary/aromatic N) is 24. The van der Waals surface area contributed by atoms with Crippen LogP contribution in [-0.4, -0.2) is 114 Å². The minimum absolute atomic E-state index is 0.233. The zero-order chi connectivity index (χ0) is 107. The summed E-state index contributed by atoms with van der Waals surface area (Å²) >= 11 is 0. The normalized spacial score (nSPS) is 13.2. The van der Waals surface area contributed by atoms with Crippen molar-refractivity contribution in [2.24, 2.45) is 0 Å². The van der Waals surface area contributed by atoms with E-state index in [0.29, 0.717) is 59.0 Å². The highest BCUT2D eigenvalue weighted by molar-refractivity contribution is 6.01. The van der Waals surface area contributed by atoms with Crippen molar-refractivity contribution in [3.05, 3.63) is 482 Å². The second-order valence-corrected chi connectivity index (χ2v) is 37.5. The molecule has 0 radical (unpaired) electrons. The molecular weight excluding hydrogens is 1850 g/mol. The lowest BCUT2D eigenvalue weighted by atomic mass is 10.1. The van der Waals surface area contributed by atoms with Crippen molar-refractivity contribution in [3.8, 4) is 56.6 Å². The molecule has 0 atom stereocenters. The topological polar surface area (TPSA) is 211 Å². The predicted molar refractivity (Wildman–Crippen MR) is 597 cm³/mol. The summed E-state index contributed by atoms with van der Waals surface area (Å²) in [6.45, 7) is -6.89. The Balaban J connectivity index is 0.000000109. The van der Waals surface area contributed by atoms with Crippen molar-refractivity contribution < 1.29 is 12.3 Å². The Labute approximate surface area is 866 Å². The number of aromatic nitrogens is 24. The van der Waals surface area contributed by atoms with Crippen molar-refractivity contribution in [2.75, 3.05) is 0 Å². The summed E-state index contributed by atoms with van der Waals surface area (Å²) in [5.74, 6) is 5.77. The van der Waals surface area contributed by atoms with Gasteiger partial charge in [-0.2, -0.15) is 0 Å². The number of rotatable bonds is 14. The third-order valence-electron chi connectivity index (χ3n) is 28.9. The van der Waals surface area contributed by atoms with Crippen LogP contribution in [-0.2, 0) is 19.3 Å². The summed E-state index contributed by atoms with van der Waals surface area (Å²) in [4.78, 5) is 58.9. The minimum Gasteiger partial charge on any atom is -0.278 e. The highest BCUT2D eigenvalue weighted by Gasteiger charge is 2.29. The molecule has 24 nitrogen and oxygen atoms in total. The van der Waals surface area contributed by atoms with Gasteiger partial charge in [0.05, 0.1) is 184 Å². The Morgan fingerprint density at radius 2 is 0.460 bits per heavy atom. The van der Waals surface area contributed by atoms with Gasteiger partial charge in [0.15, 0.2) is 0 Å². The van der Waals surface area contributed by atoms with Gasteiger partial charge in [0.1, 0.15) is 11.6 Å². The highest BCUT2D eigenvalue weighted by Crippen LogP contribution is 2.42. The van der Waals surface area contributed by atoms with E-state index in [1.54, 1.807) is 67.4 Å². The molecule has 0 aliphatic carbocycles. The Kier molecular flexibility index (Phi) is 17.2. The molecule has 0 aliphatic rings. The maximum Gasteiger partial charge on any atom is 0.220 e. The van der Waals surface area contributed by atoms with Crippen LogP contribution in [0.5, 0.6) is 0 Å². The van der Waals surface area contributed by atoms with Crippen LogP contribution in [0.3, 0.4) is 0 Å². The number of fused-ring (bicyclic) bond motifs is 30. The average molecular weight is 1950 g/mol. The zero-order valence-corrected chi connectivity index (χ0v) is 79.8. The number of aryl methyl sites for hydroxylation is 3. The highest BCUT2D eigenvalue weighted by atomic mass is 15.3. The van der Waals surface area contributed by atoms with E-state index in [9.17, 15) is 0 Å². The van der Waals surface area contributed by atoms with Gasteiger partial charge in [-0.05, 0) is 230 Å². The smallest absolute Gasteiger partial charge is 0.220 e. The van der Waals surface area contributed by atoms with Gasteiger partial charge in [0, 0.05) is 73.7 Å². The number of imidazole rings is 12. The van der Waals surface area contributed by atoms with E-state index in [1.165, 1.54) is 0 Å². The lowest BCUT2D eigenvalue weighted by molar-refractivity contribution is 0.971. The summed E-state index contributed by atoms with van der Waals surface area (Å²) in [5.41, 5.74) is 35.4. The van der Waals surface area contributed by atoms with Crippen molar-refractivity contribution in [1.29, 1.82) is 0 Å². The molecule has 32 aromatic rings. The quantitative estimate of drug-likeness (QED) is 0.0995. The Morgan fingerprint density at radius 3 is 0.760 bits per heavy atom. The van der Waals surface area contributed by atoms with Crippen molar-refractivity contribution in [1.82, 2.24) is 114 Å². The fourth-order valence-corrected chi connectivity index (χ4v) is 22.5. The first-order valence-electron chi connectivity index (χ1n) is 54.0. The van der Waals surface area contributed by atoms with Crippen molar-refractivity contribution in [3.63, 3.8) is 0 Å². The molecule has 0 N–H and O–H groups in total. The number of para-hydroxylation sites is 18. The van der Waals surface area contributed by atoms with Crippen LogP contribution in [0.2, 0.25) is 0 Å². The van der Waals surface area contributed by atoms with E-state index in [-0.39, 0.29) is 16.7 Å². The van der Waals surface area contributed by atoms with E-state index in [2.05, 4.69) is 292 Å². The maximum absolute atomic E-state index is 8.25. The van der Waals surface area contributed by atoms with Crippen molar-refractivity contribution >= 4 is 167 Å². The molecule has 0 saturated heterocycles. The zero-order valence-electron chi connectivity index (χ0n) is 88.8. The molecule has 24 heteroatoms. The molecule has 0 bridgehead atoms. The second-order valence-electron chi connectivity index (χ2n) is 37.5.